The Morgan fingerprint density at radius 2 is 1.38 bits per heavy atom. The largest absolute Gasteiger partial charge is 0.508 e. The summed E-state index contributed by atoms with van der Waals surface area (Å²) < 4.78 is 5.95. The molecule has 5 aromatic rings. The minimum Gasteiger partial charge on any atom is -0.508 e. The zero-order valence-corrected chi connectivity index (χ0v) is 40.5. The number of benzene rings is 4. The Kier molecular flexibility index (Phi) is 17.9. The first kappa shape index (κ1) is 50.9. The van der Waals surface area contributed by atoms with E-state index in [1.54, 1.807) is 35.6 Å². The first-order chi connectivity index (χ1) is 32.6. The molecule has 0 bridgehead atoms. The Morgan fingerprint density at radius 3 is 1.96 bits per heavy atom. The van der Waals surface area contributed by atoms with Gasteiger partial charge in [0.15, 0.2) is 0 Å². The predicted molar refractivity (Wildman–Crippen MR) is 267 cm³/mol. The zero-order valence-electron chi connectivity index (χ0n) is 39.7. The molecule has 4 aromatic carbocycles. The Hall–Kier alpha value is -6.51. The molecule has 6 N–H and O–H groups in total. The Morgan fingerprint density at radius 1 is 0.794 bits per heavy atom. The van der Waals surface area contributed by atoms with Crippen LogP contribution in [0.5, 0.6) is 17.2 Å². The van der Waals surface area contributed by atoms with Gasteiger partial charge in [0, 0.05) is 32.4 Å². The molecular formula is C54H65N5O8S. The van der Waals surface area contributed by atoms with Crippen LogP contribution < -0.4 is 20.7 Å². The number of aryl methyl sites for hydroxylation is 1. The minimum atomic E-state index is -0.900. The normalized spacial score (nSPS) is 15.6. The molecule has 360 valence electrons. The van der Waals surface area contributed by atoms with Crippen LogP contribution in [0.2, 0.25) is 0 Å². The van der Waals surface area contributed by atoms with E-state index < -0.39 is 29.5 Å². The molecule has 68 heavy (non-hydrogen) atoms. The maximum absolute atomic E-state index is 14.0. The number of aromatic nitrogens is 1. The molecule has 4 amide bonds. The van der Waals surface area contributed by atoms with Gasteiger partial charge >= 0.3 is 0 Å². The number of carbonyl (C=O) groups excluding carboxylic acids is 4. The van der Waals surface area contributed by atoms with Gasteiger partial charge in [-0.1, -0.05) is 101 Å². The van der Waals surface area contributed by atoms with Gasteiger partial charge in [-0.2, -0.15) is 0 Å². The van der Waals surface area contributed by atoms with E-state index in [1.807, 2.05) is 106 Å². The number of phenolic OH excluding ortho intramolecular Hbond substituents is 2. The van der Waals surface area contributed by atoms with Crippen LogP contribution in [0.3, 0.4) is 0 Å². The highest BCUT2D eigenvalue weighted by molar-refractivity contribution is 7.13. The summed E-state index contributed by atoms with van der Waals surface area (Å²) in [5.41, 5.74) is 9.08. The fourth-order valence-electron chi connectivity index (χ4n) is 8.43. The number of likely N-dealkylation sites (tertiary alicyclic amines) is 1. The van der Waals surface area contributed by atoms with Crippen molar-refractivity contribution in [1.82, 2.24) is 25.8 Å². The van der Waals surface area contributed by atoms with E-state index in [-0.39, 0.29) is 55.2 Å². The molecule has 14 heteroatoms. The number of aliphatic hydroxyl groups excluding tert-OH is 1. The highest BCUT2D eigenvalue weighted by Gasteiger charge is 2.44. The average Bonchev–Trinajstić information content (AvgIpc) is 3.94. The smallest absolute Gasteiger partial charge is 0.246 e. The number of thiazole rings is 1. The molecule has 1 aliphatic rings. The quantitative estimate of drug-likeness (QED) is 0.0309. The topological polar surface area (TPSA) is 190 Å². The first-order valence-corrected chi connectivity index (χ1v) is 24.4. The summed E-state index contributed by atoms with van der Waals surface area (Å²) in [5.74, 6) is -0.0521. The Bertz CT molecular complexity index is 2500. The van der Waals surface area contributed by atoms with Gasteiger partial charge in [0.2, 0.25) is 23.6 Å². The maximum atomic E-state index is 14.0. The number of ether oxygens (including phenoxy) is 1. The van der Waals surface area contributed by atoms with Crippen LogP contribution in [-0.4, -0.2) is 86.7 Å². The maximum Gasteiger partial charge on any atom is 0.246 e. The lowest BCUT2D eigenvalue weighted by molar-refractivity contribution is -0.144. The van der Waals surface area contributed by atoms with Crippen LogP contribution in [0, 0.1) is 12.3 Å². The van der Waals surface area contributed by atoms with Gasteiger partial charge in [0.1, 0.15) is 35.9 Å². The number of carbonyl (C=O) groups is 4. The van der Waals surface area contributed by atoms with E-state index in [1.165, 1.54) is 4.90 Å². The van der Waals surface area contributed by atoms with Crippen LogP contribution >= 0.6 is 11.3 Å². The molecule has 6 rings (SSSR count). The summed E-state index contributed by atoms with van der Waals surface area (Å²) in [6.45, 7) is 10.6. The second-order valence-corrected chi connectivity index (χ2v) is 19.2. The van der Waals surface area contributed by atoms with E-state index in [0.717, 1.165) is 68.8 Å². The van der Waals surface area contributed by atoms with Gasteiger partial charge in [-0.05, 0) is 107 Å². The summed E-state index contributed by atoms with van der Waals surface area (Å²) in [5, 5.41) is 39.2. The SMILES string of the molecule is CCC(=C(c1ccc(O)cc1)c1ccc(OCCNC(=O)CCCCCCC(=O)N[C@H](C(=O)N2C[C@H](O)C[C@H]2C(=O)NCc2ccc(-c3scnc3C)cc2)C(C)(C)C)cc1)c1ccc(O)cc1. The molecule has 0 radical (unpaired) electrons. The summed E-state index contributed by atoms with van der Waals surface area (Å²) in [7, 11) is 0. The lowest BCUT2D eigenvalue weighted by atomic mass is 9.85. The number of amides is 4. The molecule has 1 aromatic heterocycles. The lowest BCUT2D eigenvalue weighted by Crippen LogP contribution is -2.57. The Labute approximate surface area is 403 Å². The predicted octanol–water partition coefficient (Wildman–Crippen LogP) is 8.54. The molecule has 0 spiro atoms. The van der Waals surface area contributed by atoms with Crippen LogP contribution in [0.4, 0.5) is 0 Å². The summed E-state index contributed by atoms with van der Waals surface area (Å²) >= 11 is 1.57. The summed E-state index contributed by atoms with van der Waals surface area (Å²) in [4.78, 5) is 60.0. The van der Waals surface area contributed by atoms with Gasteiger partial charge in [-0.3, -0.25) is 19.2 Å². The van der Waals surface area contributed by atoms with Crippen LogP contribution in [0.15, 0.2) is 103 Å². The van der Waals surface area contributed by atoms with Gasteiger partial charge in [0.25, 0.3) is 0 Å². The molecule has 2 heterocycles. The van der Waals surface area contributed by atoms with Crippen molar-refractivity contribution in [1.29, 1.82) is 0 Å². The molecule has 1 aliphatic heterocycles. The number of aliphatic hydroxyl groups is 1. The third-order valence-electron chi connectivity index (χ3n) is 12.1. The fourth-order valence-corrected chi connectivity index (χ4v) is 9.25. The fraction of sp³-hybridized carbons (Fsp3) is 0.389. The van der Waals surface area contributed by atoms with Crippen LogP contribution in [-0.2, 0) is 25.7 Å². The van der Waals surface area contributed by atoms with Crippen molar-refractivity contribution < 1.29 is 39.2 Å². The summed E-state index contributed by atoms with van der Waals surface area (Å²) in [6.07, 6.45) is 3.31. The number of phenols is 2. The van der Waals surface area contributed by atoms with Crippen molar-refractivity contribution in [2.45, 2.75) is 111 Å². The molecular weight excluding hydrogens is 879 g/mol. The standard InChI is InChI=1S/C54H65N5O8S/c1-6-45(37-17-23-41(60)24-18-37)49(38-19-25-42(61)26-20-38)39-21-27-44(28-22-39)67-30-29-55-47(63)11-9-7-8-10-12-48(64)58-51(54(3,4)5)53(66)59-33-43(62)31-46(59)52(65)56-32-36-13-15-40(16-14-36)50-35(2)57-34-68-50/h13-28,34,43,46,51,60-62H,6-12,29-33H2,1-5H3,(H,55,63)(H,56,65)(H,58,64)/t43-,46+,51-/m1/s1. The molecule has 13 nitrogen and oxygen atoms in total. The first-order valence-electron chi connectivity index (χ1n) is 23.5. The minimum absolute atomic E-state index is 0.00359. The number of hydrogen-bond donors (Lipinski definition) is 6. The van der Waals surface area contributed by atoms with Crippen LogP contribution in [0.25, 0.3) is 21.6 Å². The monoisotopic (exact) mass is 943 g/mol. The number of unbranched alkanes of at least 4 members (excludes halogenated alkanes) is 3. The van der Waals surface area contributed by atoms with Crippen molar-refractivity contribution in [3.8, 4) is 27.7 Å². The van der Waals surface area contributed by atoms with E-state index in [2.05, 4.69) is 27.9 Å². The second kappa shape index (κ2) is 24.0. The molecule has 0 saturated carbocycles. The highest BCUT2D eigenvalue weighted by atomic mass is 32.1. The highest BCUT2D eigenvalue weighted by Crippen LogP contribution is 2.36. The van der Waals surface area contributed by atoms with Gasteiger partial charge < -0.3 is 40.9 Å². The third-order valence-corrected chi connectivity index (χ3v) is 13.1. The molecule has 0 aliphatic carbocycles. The van der Waals surface area contributed by atoms with E-state index in [0.29, 0.717) is 38.2 Å². The lowest BCUT2D eigenvalue weighted by Gasteiger charge is -2.35. The summed E-state index contributed by atoms with van der Waals surface area (Å²) in [6, 6.07) is 28.1. The van der Waals surface area contributed by atoms with Crippen molar-refractivity contribution in [2.75, 3.05) is 19.7 Å². The Balaban J connectivity index is 0.893. The number of rotatable bonds is 21. The van der Waals surface area contributed by atoms with Gasteiger partial charge in [-0.15, -0.1) is 11.3 Å². The van der Waals surface area contributed by atoms with Crippen molar-refractivity contribution >= 4 is 46.1 Å². The number of nitrogens with one attached hydrogen (secondary N) is 3. The van der Waals surface area contributed by atoms with E-state index >= 15 is 0 Å². The number of allylic oxidation sites excluding steroid dienone is 1. The molecule has 0 unspecified atom stereocenters. The van der Waals surface area contributed by atoms with Gasteiger partial charge in [-0.25, -0.2) is 4.98 Å². The van der Waals surface area contributed by atoms with Crippen molar-refractivity contribution in [3.05, 3.63) is 131 Å². The van der Waals surface area contributed by atoms with Crippen LogP contribution in [0.1, 0.15) is 107 Å². The third kappa shape index (κ3) is 14.0. The zero-order chi connectivity index (χ0) is 48.8. The molecule has 1 fully saturated rings. The second-order valence-electron chi connectivity index (χ2n) is 18.4. The van der Waals surface area contributed by atoms with Crippen molar-refractivity contribution in [2.24, 2.45) is 5.41 Å². The van der Waals surface area contributed by atoms with Gasteiger partial charge in [0.05, 0.1) is 28.7 Å². The number of aromatic hydroxyl groups is 2. The number of β-amino-alcohol motifs (C(OH)–C–C–N with tert-alkyl or cyclic N) is 1. The van der Waals surface area contributed by atoms with Crippen molar-refractivity contribution in [3.63, 3.8) is 0 Å². The molecule has 1 saturated heterocycles. The number of hydrogen-bond acceptors (Lipinski definition) is 10. The number of nitrogens with zero attached hydrogens (tertiary/aromatic N) is 2. The van der Waals surface area contributed by atoms with E-state index in [4.69, 9.17) is 4.74 Å². The molecule has 3 atom stereocenters. The van der Waals surface area contributed by atoms with E-state index in [9.17, 15) is 34.5 Å². The average molecular weight is 944 g/mol.